The Hall–Kier alpha value is -4.18. The molecule has 1 N–H and O–H groups in total. The average molecular weight is 448 g/mol. The van der Waals surface area contributed by atoms with Crippen LogP contribution in [0.5, 0.6) is 0 Å². The molecule has 0 bridgehead atoms. The zero-order chi connectivity index (χ0) is 23.9. The number of anilines is 1. The van der Waals surface area contributed by atoms with Crippen molar-refractivity contribution in [3.63, 3.8) is 0 Å². The van der Waals surface area contributed by atoms with E-state index in [0.717, 1.165) is 11.0 Å². The van der Waals surface area contributed by atoms with Gasteiger partial charge in [-0.2, -0.15) is 5.10 Å². The molecule has 10 nitrogen and oxygen atoms in total. The molecule has 3 aromatic rings. The minimum absolute atomic E-state index is 0.0200. The van der Waals surface area contributed by atoms with Crippen LogP contribution in [0.1, 0.15) is 44.4 Å². The molecular weight excluding hydrogens is 430 g/mol. The highest BCUT2D eigenvalue weighted by Crippen LogP contribution is 2.31. The van der Waals surface area contributed by atoms with Crippen LogP contribution < -0.4 is 26.7 Å². The molecule has 2 amide bonds. The molecule has 0 radical (unpaired) electrons. The van der Waals surface area contributed by atoms with Gasteiger partial charge < -0.3 is 14.6 Å². The van der Waals surface area contributed by atoms with Gasteiger partial charge in [-0.15, -0.1) is 0 Å². The van der Waals surface area contributed by atoms with Crippen molar-refractivity contribution in [2.45, 2.75) is 19.4 Å². The molecule has 168 valence electrons. The van der Waals surface area contributed by atoms with Crippen LogP contribution in [-0.4, -0.2) is 42.4 Å². The summed E-state index contributed by atoms with van der Waals surface area (Å²) in [6.45, 7) is 2.02. The highest BCUT2D eigenvalue weighted by Gasteiger charge is 2.41. The maximum absolute atomic E-state index is 13.1. The van der Waals surface area contributed by atoms with E-state index >= 15 is 0 Å². The van der Waals surface area contributed by atoms with Crippen LogP contribution in [0.15, 0.2) is 51.1 Å². The lowest BCUT2D eigenvalue weighted by Gasteiger charge is -2.24. The van der Waals surface area contributed by atoms with Crippen molar-refractivity contribution in [1.82, 2.24) is 4.90 Å². The highest BCUT2D eigenvalue weighted by atomic mass is 16.5. The Morgan fingerprint density at radius 3 is 2.48 bits per heavy atom. The number of benzene rings is 2. The molecule has 0 aliphatic carbocycles. The normalized spacial score (nSPS) is 14.7. The summed E-state index contributed by atoms with van der Waals surface area (Å²) < 4.78 is 5.13. The van der Waals surface area contributed by atoms with Crippen molar-refractivity contribution in [2.24, 2.45) is 5.10 Å². The third-order valence-corrected chi connectivity index (χ3v) is 5.60. The number of carboxylic acids is 1. The summed E-state index contributed by atoms with van der Waals surface area (Å²) in [5, 5.41) is 14.4. The summed E-state index contributed by atoms with van der Waals surface area (Å²) in [6.07, 6.45) is 0.499. The number of carbonyl (C=O) groups excluding carboxylic acids is 3. The van der Waals surface area contributed by atoms with E-state index in [-0.39, 0.29) is 39.8 Å². The van der Waals surface area contributed by atoms with Crippen molar-refractivity contribution >= 4 is 34.2 Å². The SMILES string of the molecule is CCC(COC)N1C(=O)c2cccc(NN=c3c(=O)c4ccc(C(=O)[O-])cc4c3=O)c2C1=O. The largest absolute Gasteiger partial charge is 0.545 e. The number of nitrogens with one attached hydrogen (secondary N) is 1. The first-order valence-electron chi connectivity index (χ1n) is 10.1. The predicted octanol–water partition coefficient (Wildman–Crippen LogP) is -0.252. The third-order valence-electron chi connectivity index (χ3n) is 5.60. The maximum Gasteiger partial charge on any atom is 0.264 e. The summed E-state index contributed by atoms with van der Waals surface area (Å²) in [5.41, 5.74) is 1.29. The Morgan fingerprint density at radius 1 is 1.09 bits per heavy atom. The van der Waals surface area contributed by atoms with Gasteiger partial charge in [-0.1, -0.05) is 19.1 Å². The van der Waals surface area contributed by atoms with E-state index < -0.39 is 40.0 Å². The molecule has 33 heavy (non-hydrogen) atoms. The van der Waals surface area contributed by atoms with E-state index in [1.807, 2.05) is 6.92 Å². The zero-order valence-electron chi connectivity index (χ0n) is 17.7. The van der Waals surface area contributed by atoms with Crippen LogP contribution in [-0.2, 0) is 4.74 Å². The van der Waals surface area contributed by atoms with E-state index in [0.29, 0.717) is 6.42 Å². The molecule has 4 rings (SSSR count). The van der Waals surface area contributed by atoms with Gasteiger partial charge in [0, 0.05) is 17.9 Å². The van der Waals surface area contributed by atoms with Gasteiger partial charge in [-0.25, -0.2) is 0 Å². The van der Waals surface area contributed by atoms with Crippen molar-refractivity contribution in [3.05, 3.63) is 78.9 Å². The number of hydrogen-bond acceptors (Lipinski definition) is 9. The van der Waals surface area contributed by atoms with Gasteiger partial charge in [0.1, 0.15) is 0 Å². The Balaban J connectivity index is 1.77. The molecule has 1 aliphatic rings. The smallest absolute Gasteiger partial charge is 0.264 e. The van der Waals surface area contributed by atoms with E-state index in [1.54, 1.807) is 6.07 Å². The van der Waals surface area contributed by atoms with Crippen LogP contribution in [0, 0.1) is 0 Å². The Bertz CT molecular complexity index is 1470. The standard InChI is InChI=1S/C23H19N3O7/c1-3-12(10-33-2)26-21(29)14-5-4-6-16(17(14)22(26)30)24-25-18-19(27)13-8-7-11(23(31)32)9-15(13)20(18)28/h4-9,12,24H,3,10H2,1-2H3,(H,31,32)/p-1. The second kappa shape index (κ2) is 8.40. The number of ether oxygens (including phenoxy) is 1. The number of fused-ring (bicyclic) bond motifs is 2. The van der Waals surface area contributed by atoms with Gasteiger partial charge in [0.2, 0.25) is 10.9 Å². The van der Waals surface area contributed by atoms with Crippen LogP contribution in [0.3, 0.4) is 0 Å². The molecule has 1 aliphatic heterocycles. The zero-order valence-corrected chi connectivity index (χ0v) is 17.7. The summed E-state index contributed by atoms with van der Waals surface area (Å²) in [6, 6.07) is 7.57. The fourth-order valence-corrected chi connectivity index (χ4v) is 3.93. The Kier molecular flexibility index (Phi) is 5.60. The fraction of sp³-hybridized carbons (Fsp3) is 0.217. The van der Waals surface area contributed by atoms with Crippen molar-refractivity contribution in [2.75, 3.05) is 19.1 Å². The predicted molar refractivity (Wildman–Crippen MR) is 115 cm³/mol. The second-order valence-electron chi connectivity index (χ2n) is 7.50. The minimum atomic E-state index is -1.48. The van der Waals surface area contributed by atoms with E-state index in [2.05, 4.69) is 10.5 Å². The minimum Gasteiger partial charge on any atom is -0.545 e. The van der Waals surface area contributed by atoms with Crippen molar-refractivity contribution in [3.8, 4) is 0 Å². The maximum atomic E-state index is 13.1. The molecule has 1 unspecified atom stereocenters. The summed E-state index contributed by atoms with van der Waals surface area (Å²) >= 11 is 0. The van der Waals surface area contributed by atoms with Crippen LogP contribution in [0.25, 0.3) is 10.8 Å². The Morgan fingerprint density at radius 2 is 1.82 bits per heavy atom. The number of methoxy groups -OCH3 is 1. The van der Waals surface area contributed by atoms with Gasteiger partial charge in [0.25, 0.3) is 11.8 Å². The molecule has 0 spiro atoms. The number of rotatable bonds is 7. The lowest BCUT2D eigenvalue weighted by Crippen LogP contribution is -2.42. The molecule has 10 heteroatoms. The highest BCUT2D eigenvalue weighted by molar-refractivity contribution is 6.24. The van der Waals surface area contributed by atoms with Crippen LogP contribution in [0.4, 0.5) is 5.69 Å². The van der Waals surface area contributed by atoms with Crippen molar-refractivity contribution in [1.29, 1.82) is 0 Å². The monoisotopic (exact) mass is 448 g/mol. The topological polar surface area (TPSA) is 145 Å². The van der Waals surface area contributed by atoms with Gasteiger partial charge >= 0.3 is 0 Å². The number of imide groups is 1. The average Bonchev–Trinajstić information content (AvgIpc) is 3.20. The van der Waals surface area contributed by atoms with Crippen LogP contribution in [0.2, 0.25) is 0 Å². The Labute approximate surface area is 186 Å². The molecule has 0 fully saturated rings. The first-order valence-corrected chi connectivity index (χ1v) is 10.1. The lowest BCUT2D eigenvalue weighted by molar-refractivity contribution is -0.255. The van der Waals surface area contributed by atoms with Crippen molar-refractivity contribution < 1.29 is 24.2 Å². The number of amides is 2. The first kappa shape index (κ1) is 22.0. The summed E-state index contributed by atoms with van der Waals surface area (Å²) in [7, 11) is 1.48. The van der Waals surface area contributed by atoms with Gasteiger partial charge in [-0.3, -0.25) is 29.5 Å². The molecule has 1 heterocycles. The number of aromatic carboxylic acids is 1. The van der Waals surface area contributed by atoms with E-state index in [9.17, 15) is 29.1 Å². The molecule has 1 atom stereocenters. The summed E-state index contributed by atoms with van der Waals surface area (Å²) in [5.74, 6) is -2.48. The molecular formula is C23H18N3O7-. The number of carbonyl (C=O) groups is 3. The molecule has 0 saturated heterocycles. The number of carboxylic acid groups (broad SMARTS) is 1. The molecule has 3 aromatic carbocycles. The van der Waals surface area contributed by atoms with Crippen LogP contribution >= 0.6 is 0 Å². The fourth-order valence-electron chi connectivity index (χ4n) is 3.93. The van der Waals surface area contributed by atoms with E-state index in [4.69, 9.17) is 4.74 Å². The number of nitrogens with zero attached hydrogens (tertiary/aromatic N) is 2. The molecule has 0 saturated carbocycles. The van der Waals surface area contributed by atoms with Gasteiger partial charge in [-0.05, 0) is 36.2 Å². The quantitative estimate of drug-likeness (QED) is 0.385. The van der Waals surface area contributed by atoms with Gasteiger partial charge in [0.05, 0.1) is 35.4 Å². The second-order valence-corrected chi connectivity index (χ2v) is 7.50. The summed E-state index contributed by atoms with van der Waals surface area (Å²) in [4.78, 5) is 63.4. The molecule has 0 aromatic heterocycles. The van der Waals surface area contributed by atoms with Gasteiger partial charge in [0.15, 0.2) is 5.36 Å². The lowest BCUT2D eigenvalue weighted by atomic mass is 10.1. The first-order chi connectivity index (χ1) is 15.8. The number of hydrogen-bond donors (Lipinski definition) is 1. The van der Waals surface area contributed by atoms with E-state index in [1.165, 1.54) is 31.4 Å². The third kappa shape index (κ3) is 3.50.